The van der Waals surface area contributed by atoms with E-state index in [1.807, 2.05) is 6.92 Å². The van der Waals surface area contributed by atoms with E-state index in [-0.39, 0.29) is 0 Å². The van der Waals surface area contributed by atoms with Gasteiger partial charge >= 0.3 is 6.18 Å². The summed E-state index contributed by atoms with van der Waals surface area (Å²) >= 11 is 0. The molecule has 0 aromatic heterocycles. The molecule has 0 bridgehead atoms. The fraction of sp³-hybridized carbons (Fsp3) is 0.533. The van der Waals surface area contributed by atoms with Crippen LogP contribution in [0.5, 0.6) is 0 Å². The molecule has 1 unspecified atom stereocenters. The summed E-state index contributed by atoms with van der Waals surface area (Å²) in [6.45, 7) is 3.00. The number of rotatable bonds is 3. The molecule has 1 aromatic rings. The predicted octanol–water partition coefficient (Wildman–Crippen LogP) is 4.11. The van der Waals surface area contributed by atoms with Gasteiger partial charge in [0.15, 0.2) is 0 Å². The molecule has 21 heavy (non-hydrogen) atoms. The van der Waals surface area contributed by atoms with E-state index < -0.39 is 29.0 Å². The number of halogens is 4. The van der Waals surface area contributed by atoms with Crippen LogP contribution in [0.3, 0.4) is 0 Å². The smallest absolute Gasteiger partial charge is 0.338 e. The average Bonchev–Trinajstić information content (AvgIpc) is 2.86. The lowest BCUT2D eigenvalue weighted by Crippen LogP contribution is -2.30. The number of nitrogens with zero attached hydrogens (tertiary/aromatic N) is 1. The molecule has 2 nitrogen and oxygen atoms in total. The van der Waals surface area contributed by atoms with Crippen molar-refractivity contribution in [3.63, 3.8) is 0 Å². The highest BCUT2D eigenvalue weighted by atomic mass is 19.4. The Labute approximate surface area is 120 Å². The van der Waals surface area contributed by atoms with E-state index in [1.54, 1.807) is 0 Å². The number of likely N-dealkylation sites (tertiary alicyclic amines) is 1. The van der Waals surface area contributed by atoms with Gasteiger partial charge in [-0.3, -0.25) is 4.79 Å². The fourth-order valence-electron chi connectivity index (χ4n) is 2.75. The molecule has 0 saturated carbocycles. The third kappa shape index (κ3) is 3.36. The van der Waals surface area contributed by atoms with Gasteiger partial charge < -0.3 is 4.90 Å². The van der Waals surface area contributed by atoms with Gasteiger partial charge in [-0.25, -0.2) is 4.39 Å². The number of benzene rings is 1. The minimum Gasteiger partial charge on any atom is -0.338 e. The molecule has 0 spiro atoms. The van der Waals surface area contributed by atoms with Gasteiger partial charge in [0.25, 0.3) is 5.91 Å². The van der Waals surface area contributed by atoms with Crippen LogP contribution in [0.25, 0.3) is 0 Å². The van der Waals surface area contributed by atoms with E-state index in [2.05, 4.69) is 0 Å². The number of amides is 1. The summed E-state index contributed by atoms with van der Waals surface area (Å²) in [6.07, 6.45) is -2.02. The summed E-state index contributed by atoms with van der Waals surface area (Å²) in [5.74, 6) is -1.78. The third-order valence-electron chi connectivity index (χ3n) is 3.80. The molecule has 1 aromatic carbocycles. The Balaban J connectivity index is 2.21. The maximum absolute atomic E-state index is 14.0. The number of alkyl halides is 3. The first-order valence-electron chi connectivity index (χ1n) is 6.99. The maximum Gasteiger partial charge on any atom is 0.419 e. The Hall–Kier alpha value is -1.59. The summed E-state index contributed by atoms with van der Waals surface area (Å²) in [7, 11) is 0. The van der Waals surface area contributed by atoms with Gasteiger partial charge in [0.1, 0.15) is 5.82 Å². The molecule has 1 saturated heterocycles. The van der Waals surface area contributed by atoms with Crippen molar-refractivity contribution >= 4 is 5.91 Å². The molecule has 116 valence electrons. The molecule has 0 N–H and O–H groups in total. The van der Waals surface area contributed by atoms with Gasteiger partial charge in [-0.15, -0.1) is 0 Å². The molecule has 1 atom stereocenters. The summed E-state index contributed by atoms with van der Waals surface area (Å²) < 4.78 is 52.0. The van der Waals surface area contributed by atoms with E-state index >= 15 is 0 Å². The SMILES string of the molecule is CCCC1CCN(C(=O)c2cccc(C(F)(F)F)c2F)C1. The van der Waals surface area contributed by atoms with E-state index in [9.17, 15) is 22.4 Å². The van der Waals surface area contributed by atoms with Crippen molar-refractivity contribution in [3.05, 3.63) is 35.1 Å². The molecule has 0 radical (unpaired) electrons. The number of hydrogen-bond acceptors (Lipinski definition) is 1. The van der Waals surface area contributed by atoms with Crippen LogP contribution in [-0.2, 0) is 6.18 Å². The Morgan fingerprint density at radius 1 is 1.38 bits per heavy atom. The zero-order valence-electron chi connectivity index (χ0n) is 11.7. The highest BCUT2D eigenvalue weighted by molar-refractivity contribution is 5.95. The third-order valence-corrected chi connectivity index (χ3v) is 3.80. The van der Waals surface area contributed by atoms with Crippen molar-refractivity contribution in [2.24, 2.45) is 5.92 Å². The van der Waals surface area contributed by atoms with Crippen molar-refractivity contribution in [1.29, 1.82) is 0 Å². The zero-order valence-corrected chi connectivity index (χ0v) is 11.7. The largest absolute Gasteiger partial charge is 0.419 e. The first kappa shape index (κ1) is 15.8. The zero-order chi connectivity index (χ0) is 15.6. The van der Waals surface area contributed by atoms with Crippen molar-refractivity contribution in [2.75, 3.05) is 13.1 Å². The van der Waals surface area contributed by atoms with Gasteiger partial charge in [-0.2, -0.15) is 13.2 Å². The first-order chi connectivity index (χ1) is 9.84. The van der Waals surface area contributed by atoms with E-state index in [4.69, 9.17) is 0 Å². The van der Waals surface area contributed by atoms with Gasteiger partial charge in [0.05, 0.1) is 11.1 Å². The van der Waals surface area contributed by atoms with Gasteiger partial charge in [-0.1, -0.05) is 19.4 Å². The second kappa shape index (κ2) is 6.03. The summed E-state index contributed by atoms with van der Waals surface area (Å²) in [5.41, 5.74) is -1.89. The number of carbonyl (C=O) groups excluding carboxylic acids is 1. The Morgan fingerprint density at radius 2 is 2.10 bits per heavy atom. The van der Waals surface area contributed by atoms with Crippen molar-refractivity contribution in [1.82, 2.24) is 4.90 Å². The quantitative estimate of drug-likeness (QED) is 0.770. The topological polar surface area (TPSA) is 20.3 Å². The van der Waals surface area contributed by atoms with Crippen LogP contribution in [0, 0.1) is 11.7 Å². The Morgan fingerprint density at radius 3 is 2.71 bits per heavy atom. The van der Waals surface area contributed by atoms with Crippen LogP contribution < -0.4 is 0 Å². The minimum absolute atomic E-state index is 0.354. The summed E-state index contributed by atoms with van der Waals surface area (Å²) in [6, 6.07) is 2.83. The lowest BCUT2D eigenvalue weighted by molar-refractivity contribution is -0.140. The second-order valence-corrected chi connectivity index (χ2v) is 5.36. The van der Waals surface area contributed by atoms with E-state index in [0.717, 1.165) is 31.4 Å². The molecule has 1 aliphatic rings. The van der Waals surface area contributed by atoms with Crippen LogP contribution >= 0.6 is 0 Å². The van der Waals surface area contributed by atoms with Crippen molar-refractivity contribution < 1.29 is 22.4 Å². The van der Waals surface area contributed by atoms with E-state index in [1.165, 1.54) is 4.90 Å². The Bertz CT molecular complexity index is 527. The van der Waals surface area contributed by atoms with Crippen molar-refractivity contribution in [2.45, 2.75) is 32.4 Å². The highest BCUT2D eigenvalue weighted by Crippen LogP contribution is 2.33. The second-order valence-electron chi connectivity index (χ2n) is 5.36. The molecular weight excluding hydrogens is 286 g/mol. The van der Waals surface area contributed by atoms with E-state index in [0.29, 0.717) is 25.1 Å². The molecule has 1 aliphatic heterocycles. The van der Waals surface area contributed by atoms with Crippen LogP contribution in [0.1, 0.15) is 42.1 Å². The molecule has 1 heterocycles. The number of hydrogen-bond donors (Lipinski definition) is 0. The summed E-state index contributed by atoms with van der Waals surface area (Å²) in [5, 5.41) is 0. The number of carbonyl (C=O) groups is 1. The maximum atomic E-state index is 14.0. The predicted molar refractivity (Wildman–Crippen MR) is 70.3 cm³/mol. The average molecular weight is 303 g/mol. The Kier molecular flexibility index (Phi) is 4.54. The highest BCUT2D eigenvalue weighted by Gasteiger charge is 2.37. The lowest BCUT2D eigenvalue weighted by Gasteiger charge is -2.18. The van der Waals surface area contributed by atoms with Gasteiger partial charge in [0, 0.05) is 13.1 Å². The molecule has 0 aliphatic carbocycles. The van der Waals surface area contributed by atoms with Crippen LogP contribution in [0.4, 0.5) is 17.6 Å². The normalized spacial score (nSPS) is 19.1. The monoisotopic (exact) mass is 303 g/mol. The standard InChI is InChI=1S/C15H17F4NO/c1-2-4-10-7-8-20(9-10)14(21)11-5-3-6-12(13(11)16)15(17,18)19/h3,5-6,10H,2,4,7-9H2,1H3. The van der Waals surface area contributed by atoms with Crippen LogP contribution in [0.15, 0.2) is 18.2 Å². The van der Waals surface area contributed by atoms with Crippen LogP contribution in [-0.4, -0.2) is 23.9 Å². The fourth-order valence-corrected chi connectivity index (χ4v) is 2.75. The van der Waals surface area contributed by atoms with Gasteiger partial charge in [0.2, 0.25) is 0 Å². The van der Waals surface area contributed by atoms with Gasteiger partial charge in [-0.05, 0) is 30.9 Å². The van der Waals surface area contributed by atoms with Crippen LogP contribution in [0.2, 0.25) is 0 Å². The molecule has 2 rings (SSSR count). The summed E-state index contributed by atoms with van der Waals surface area (Å²) in [4.78, 5) is 13.7. The van der Waals surface area contributed by atoms with Crippen molar-refractivity contribution in [3.8, 4) is 0 Å². The minimum atomic E-state index is -4.80. The first-order valence-corrected chi connectivity index (χ1v) is 6.99. The molecular formula is C15H17F4NO. The molecule has 1 fully saturated rings. The molecule has 6 heteroatoms. The molecule has 1 amide bonds. The lowest BCUT2D eigenvalue weighted by atomic mass is 10.0.